The summed E-state index contributed by atoms with van der Waals surface area (Å²) >= 11 is 0. The van der Waals surface area contributed by atoms with E-state index in [2.05, 4.69) is 16.0 Å². The van der Waals surface area contributed by atoms with Crippen molar-refractivity contribution in [3.8, 4) is 0 Å². The summed E-state index contributed by atoms with van der Waals surface area (Å²) in [7, 11) is 1.50. The van der Waals surface area contributed by atoms with E-state index in [0.29, 0.717) is 85.5 Å². The Morgan fingerprint density at radius 1 is 0.755 bits per heavy atom. The predicted molar refractivity (Wildman–Crippen MR) is 176 cm³/mol. The van der Waals surface area contributed by atoms with Crippen LogP contribution in [0.1, 0.15) is 39.5 Å². The van der Waals surface area contributed by atoms with Crippen LogP contribution in [-0.2, 0) is 52.4 Å². The van der Waals surface area contributed by atoms with E-state index in [1.807, 2.05) is 13.8 Å². The third-order valence-corrected chi connectivity index (χ3v) is 7.12. The van der Waals surface area contributed by atoms with E-state index in [1.165, 1.54) is 19.2 Å². The van der Waals surface area contributed by atoms with Crippen LogP contribution in [0.3, 0.4) is 0 Å². The van der Waals surface area contributed by atoms with Crippen molar-refractivity contribution < 1.29 is 57.2 Å². The van der Waals surface area contributed by atoms with Crippen LogP contribution in [0.4, 0.5) is 4.79 Å². The maximum atomic E-state index is 13.0. The Labute approximate surface area is 288 Å². The van der Waals surface area contributed by atoms with Gasteiger partial charge in [0.2, 0.25) is 11.8 Å². The third kappa shape index (κ3) is 21.3. The minimum absolute atomic E-state index is 0.0353. The second-order valence-electron chi connectivity index (χ2n) is 11.3. The van der Waals surface area contributed by atoms with Gasteiger partial charge >= 0.3 is 6.03 Å². The number of primary amides is 1. The van der Waals surface area contributed by atoms with Crippen LogP contribution < -0.4 is 21.7 Å². The highest BCUT2D eigenvalue weighted by atomic mass is 16.6. The molecule has 1 aliphatic rings. The van der Waals surface area contributed by atoms with Crippen LogP contribution in [0.15, 0.2) is 12.2 Å². The van der Waals surface area contributed by atoms with E-state index in [1.54, 1.807) is 0 Å². The number of ether oxygens (including phenoxy) is 6. The minimum atomic E-state index is -0.741. The second kappa shape index (κ2) is 27.4. The first kappa shape index (κ1) is 43.5. The second-order valence-corrected chi connectivity index (χ2v) is 11.3. The molecule has 0 aliphatic carbocycles. The van der Waals surface area contributed by atoms with Gasteiger partial charge < -0.3 is 50.1 Å². The van der Waals surface area contributed by atoms with E-state index in [9.17, 15) is 28.8 Å². The molecule has 280 valence electrons. The Bertz CT molecular complexity index is 1020. The summed E-state index contributed by atoms with van der Waals surface area (Å²) in [6, 6.07) is -1.39. The molecule has 1 heterocycles. The predicted octanol–water partition coefficient (Wildman–Crippen LogP) is -0.688. The average molecular weight is 702 g/mol. The standard InChI is InChI=1S/C32H55N5O12/c1-24(2)30(26(38)23-25(31(42)34-3)5-4-9-35-32(33)43)36-27(39)8-11-44-13-15-46-17-19-48-21-22-49-20-18-47-16-14-45-12-10-37-28(40)6-7-29(37)41/h6-7,24-25,30H,4-5,8-23H2,1-3H3,(H,34,42)(H,36,39)(H3,33,35,43)/t25-,30?/m1/s1. The van der Waals surface area contributed by atoms with Gasteiger partial charge in [-0.25, -0.2) is 4.79 Å². The monoisotopic (exact) mass is 701 g/mol. The Hall–Kier alpha value is -3.48. The lowest BCUT2D eigenvalue weighted by molar-refractivity contribution is -0.137. The number of ketones is 1. The number of nitrogens with two attached hydrogens (primary N) is 1. The molecule has 0 spiro atoms. The van der Waals surface area contributed by atoms with Gasteiger partial charge in [0.25, 0.3) is 11.8 Å². The Morgan fingerprint density at radius 3 is 1.67 bits per heavy atom. The molecule has 1 rings (SSSR count). The summed E-state index contributed by atoms with van der Waals surface area (Å²) < 4.78 is 32.5. The lowest BCUT2D eigenvalue weighted by Gasteiger charge is -2.23. The fraction of sp³-hybridized carbons (Fsp3) is 0.750. The van der Waals surface area contributed by atoms with Gasteiger partial charge in [-0.1, -0.05) is 13.8 Å². The largest absolute Gasteiger partial charge is 0.379 e. The fourth-order valence-corrected chi connectivity index (χ4v) is 4.50. The molecule has 0 saturated carbocycles. The van der Waals surface area contributed by atoms with Crippen molar-refractivity contribution in [2.24, 2.45) is 17.6 Å². The number of urea groups is 1. The van der Waals surface area contributed by atoms with Gasteiger partial charge in [-0.2, -0.15) is 0 Å². The summed E-state index contributed by atoms with van der Waals surface area (Å²) in [5.41, 5.74) is 5.06. The molecule has 1 unspecified atom stereocenters. The van der Waals surface area contributed by atoms with Crippen molar-refractivity contribution in [3.05, 3.63) is 12.2 Å². The van der Waals surface area contributed by atoms with Gasteiger partial charge in [0.1, 0.15) is 0 Å². The number of hydrogen-bond donors (Lipinski definition) is 4. The zero-order valence-electron chi connectivity index (χ0n) is 29.0. The van der Waals surface area contributed by atoms with Crippen LogP contribution in [0.25, 0.3) is 0 Å². The molecule has 0 aromatic carbocycles. The summed E-state index contributed by atoms with van der Waals surface area (Å²) in [5, 5.41) is 7.79. The van der Waals surface area contributed by atoms with Gasteiger partial charge in [0.15, 0.2) is 5.78 Å². The topological polar surface area (TPSA) is 223 Å². The van der Waals surface area contributed by atoms with E-state index in [0.717, 1.165) is 4.90 Å². The molecule has 6 amide bonds. The lowest BCUT2D eigenvalue weighted by atomic mass is 9.89. The van der Waals surface area contributed by atoms with Gasteiger partial charge in [0, 0.05) is 44.5 Å². The van der Waals surface area contributed by atoms with Crippen molar-refractivity contribution >= 4 is 35.4 Å². The van der Waals surface area contributed by atoms with Crippen LogP contribution in [0.2, 0.25) is 0 Å². The number of nitrogens with zero attached hydrogens (tertiary/aromatic N) is 1. The van der Waals surface area contributed by atoms with E-state index < -0.39 is 18.0 Å². The van der Waals surface area contributed by atoms with Crippen molar-refractivity contribution in [1.29, 1.82) is 0 Å². The Kier molecular flexibility index (Phi) is 24.3. The first-order valence-electron chi connectivity index (χ1n) is 16.6. The van der Waals surface area contributed by atoms with Crippen molar-refractivity contribution in [1.82, 2.24) is 20.9 Å². The highest BCUT2D eigenvalue weighted by Crippen LogP contribution is 2.16. The van der Waals surface area contributed by atoms with E-state index in [-0.39, 0.29) is 67.9 Å². The molecule has 0 fully saturated rings. The lowest BCUT2D eigenvalue weighted by Crippen LogP contribution is -2.46. The first-order chi connectivity index (χ1) is 23.6. The highest BCUT2D eigenvalue weighted by molar-refractivity contribution is 6.12. The maximum absolute atomic E-state index is 13.0. The molecule has 17 nitrogen and oxygen atoms in total. The number of Topliss-reactive ketones (excluding diaryl/α,β-unsaturated/α-hetero) is 1. The van der Waals surface area contributed by atoms with Crippen LogP contribution in [0, 0.1) is 11.8 Å². The first-order valence-corrected chi connectivity index (χ1v) is 16.6. The van der Waals surface area contributed by atoms with Gasteiger partial charge in [-0.3, -0.25) is 28.9 Å². The molecule has 0 aromatic heterocycles. The summed E-state index contributed by atoms with van der Waals surface area (Å²) in [6.07, 6.45) is 3.37. The average Bonchev–Trinajstić information content (AvgIpc) is 3.39. The molecule has 0 bridgehead atoms. The van der Waals surface area contributed by atoms with Gasteiger partial charge in [-0.15, -0.1) is 0 Å². The SMILES string of the molecule is CNC(=O)[C@H](CCCNC(N)=O)CC(=O)C(NC(=O)CCOCCOCCOCCOCCOCCOCCN1C(=O)C=CC1=O)C(C)C. The number of carbonyl (C=O) groups excluding carboxylic acids is 6. The normalized spacial score (nSPS) is 13.9. The number of rotatable bonds is 31. The molecule has 2 atom stereocenters. The van der Waals surface area contributed by atoms with Crippen LogP contribution in [-0.4, -0.2) is 146 Å². The quantitative estimate of drug-likeness (QED) is 0.0521. The third-order valence-electron chi connectivity index (χ3n) is 7.12. The van der Waals surface area contributed by atoms with Crippen molar-refractivity contribution in [2.75, 3.05) is 99.4 Å². The highest BCUT2D eigenvalue weighted by Gasteiger charge is 2.29. The van der Waals surface area contributed by atoms with Crippen molar-refractivity contribution in [3.63, 3.8) is 0 Å². The van der Waals surface area contributed by atoms with Crippen LogP contribution in [0.5, 0.6) is 0 Å². The van der Waals surface area contributed by atoms with Gasteiger partial charge in [-0.05, 0) is 18.8 Å². The number of imide groups is 1. The summed E-state index contributed by atoms with van der Waals surface area (Å²) in [4.78, 5) is 72.6. The molecule has 5 N–H and O–H groups in total. The molecule has 0 radical (unpaired) electrons. The smallest absolute Gasteiger partial charge is 0.312 e. The molecule has 49 heavy (non-hydrogen) atoms. The summed E-state index contributed by atoms with van der Waals surface area (Å²) in [6.45, 7) is 8.30. The number of amides is 6. The molecule has 17 heteroatoms. The van der Waals surface area contributed by atoms with Gasteiger partial charge in [0.05, 0.1) is 91.9 Å². The Morgan fingerprint density at radius 2 is 1.22 bits per heavy atom. The molecular weight excluding hydrogens is 646 g/mol. The fourth-order valence-electron chi connectivity index (χ4n) is 4.50. The Balaban J connectivity index is 2.00. The van der Waals surface area contributed by atoms with Crippen LogP contribution >= 0.6 is 0 Å². The molecular formula is C32H55N5O12. The summed E-state index contributed by atoms with van der Waals surface area (Å²) in [5.74, 6) is -2.26. The minimum Gasteiger partial charge on any atom is -0.379 e. The van der Waals surface area contributed by atoms with Crippen molar-refractivity contribution in [2.45, 2.75) is 45.6 Å². The number of carbonyl (C=O) groups is 6. The maximum Gasteiger partial charge on any atom is 0.312 e. The zero-order chi connectivity index (χ0) is 36.3. The van der Waals surface area contributed by atoms with E-state index in [4.69, 9.17) is 34.2 Å². The molecule has 0 aromatic rings. The number of hydrogen-bond acceptors (Lipinski definition) is 12. The number of nitrogens with one attached hydrogen (secondary N) is 3. The zero-order valence-corrected chi connectivity index (χ0v) is 29.0. The molecule has 0 saturated heterocycles. The van der Waals surface area contributed by atoms with E-state index >= 15 is 0 Å². The molecule has 1 aliphatic heterocycles.